The molecule has 1 N–H and O–H groups in total. The number of hydrogen-bond donors (Lipinski definition) is 1. The number of amides is 2. The molecule has 206 valence electrons. The fraction of sp³-hybridized carbons (Fsp3) is 0.231. The van der Waals surface area contributed by atoms with Crippen molar-refractivity contribution < 1.29 is 45.4 Å². The molecule has 13 heteroatoms. The maximum atomic E-state index is 13.2. The lowest BCUT2D eigenvalue weighted by Gasteiger charge is -2.30. The topological polar surface area (TPSA) is 67.9 Å². The van der Waals surface area contributed by atoms with Crippen LogP contribution in [0.1, 0.15) is 27.9 Å². The zero-order valence-corrected chi connectivity index (χ0v) is 20.6. The molecule has 0 spiro atoms. The number of nitrogens with zero attached hydrogens (tertiary/aromatic N) is 1. The van der Waals surface area contributed by atoms with E-state index < -0.39 is 35.0 Å². The standard InChI is InChI=1S/C26H19ClF6N2O4/c27-18-2-5-20(6-3-18)38-9-1-8-35-21-13-19(4-7-22(21)39-14-23(35)36)34-24(37)15-10-16(25(28,29)30)12-17(11-15)26(31,32)33/h2-7,10-13H,1,8-9,14H2,(H,34,37). The van der Waals surface area contributed by atoms with Gasteiger partial charge in [0, 0.05) is 22.8 Å². The highest BCUT2D eigenvalue weighted by Crippen LogP contribution is 2.37. The minimum atomic E-state index is -5.10. The summed E-state index contributed by atoms with van der Waals surface area (Å²) in [6.07, 6.45) is -9.79. The van der Waals surface area contributed by atoms with Gasteiger partial charge in [0.05, 0.1) is 23.4 Å². The van der Waals surface area contributed by atoms with Crippen molar-refractivity contribution in [2.75, 3.05) is 30.0 Å². The van der Waals surface area contributed by atoms with E-state index in [2.05, 4.69) is 5.32 Å². The highest BCUT2D eigenvalue weighted by molar-refractivity contribution is 6.30. The Balaban J connectivity index is 1.50. The van der Waals surface area contributed by atoms with Crippen LogP contribution in [0.4, 0.5) is 37.7 Å². The molecule has 3 aromatic carbocycles. The van der Waals surface area contributed by atoms with Crippen LogP contribution < -0.4 is 19.7 Å². The van der Waals surface area contributed by atoms with Crippen LogP contribution in [0.2, 0.25) is 5.02 Å². The molecule has 1 heterocycles. The number of carbonyl (C=O) groups is 2. The van der Waals surface area contributed by atoms with Crippen LogP contribution in [0.15, 0.2) is 60.7 Å². The van der Waals surface area contributed by atoms with E-state index >= 15 is 0 Å². The van der Waals surface area contributed by atoms with Crippen LogP contribution >= 0.6 is 11.6 Å². The third-order valence-electron chi connectivity index (χ3n) is 5.62. The summed E-state index contributed by atoms with van der Waals surface area (Å²) in [5, 5.41) is 2.84. The predicted molar refractivity (Wildman–Crippen MR) is 130 cm³/mol. The third kappa shape index (κ3) is 6.94. The van der Waals surface area contributed by atoms with Crippen molar-refractivity contribution in [2.45, 2.75) is 18.8 Å². The van der Waals surface area contributed by atoms with Crippen molar-refractivity contribution in [1.82, 2.24) is 0 Å². The summed E-state index contributed by atoms with van der Waals surface area (Å²) in [5.41, 5.74) is -3.75. The molecule has 0 saturated heterocycles. The molecule has 0 saturated carbocycles. The molecule has 1 aliphatic heterocycles. The summed E-state index contributed by atoms with van der Waals surface area (Å²) in [4.78, 5) is 26.6. The van der Waals surface area contributed by atoms with E-state index in [1.54, 1.807) is 24.3 Å². The first-order valence-electron chi connectivity index (χ1n) is 11.4. The Morgan fingerprint density at radius 1 is 0.949 bits per heavy atom. The Morgan fingerprint density at radius 3 is 2.21 bits per heavy atom. The summed E-state index contributed by atoms with van der Waals surface area (Å²) in [7, 11) is 0. The van der Waals surface area contributed by atoms with E-state index in [1.165, 1.54) is 23.1 Å². The fourth-order valence-electron chi connectivity index (χ4n) is 3.76. The minimum Gasteiger partial charge on any atom is -0.494 e. The van der Waals surface area contributed by atoms with E-state index in [4.69, 9.17) is 21.1 Å². The van der Waals surface area contributed by atoms with Crippen molar-refractivity contribution >= 4 is 34.8 Å². The second-order valence-electron chi connectivity index (χ2n) is 8.42. The Kier molecular flexibility index (Phi) is 7.96. The molecular formula is C26H19ClF6N2O4. The van der Waals surface area contributed by atoms with E-state index in [0.717, 1.165) is 0 Å². The van der Waals surface area contributed by atoms with Crippen LogP contribution in [-0.2, 0) is 17.1 Å². The second-order valence-corrected chi connectivity index (χ2v) is 8.86. The van der Waals surface area contributed by atoms with Gasteiger partial charge in [0.15, 0.2) is 6.61 Å². The Morgan fingerprint density at radius 2 is 1.59 bits per heavy atom. The van der Waals surface area contributed by atoms with Gasteiger partial charge in [-0.3, -0.25) is 9.59 Å². The van der Waals surface area contributed by atoms with Gasteiger partial charge in [0.2, 0.25) is 0 Å². The van der Waals surface area contributed by atoms with Crippen molar-refractivity contribution in [3.8, 4) is 11.5 Å². The van der Waals surface area contributed by atoms with Gasteiger partial charge in [0.25, 0.3) is 11.8 Å². The SMILES string of the molecule is O=C(Nc1ccc2c(c1)N(CCCOc1ccc(Cl)cc1)C(=O)CO2)c1cc(C(F)(F)F)cc(C(F)(F)F)c1. The second kappa shape index (κ2) is 11.0. The zero-order valence-electron chi connectivity index (χ0n) is 19.8. The van der Waals surface area contributed by atoms with Crippen LogP contribution in [0.3, 0.4) is 0 Å². The highest BCUT2D eigenvalue weighted by atomic mass is 35.5. The van der Waals surface area contributed by atoms with Gasteiger partial charge < -0.3 is 19.7 Å². The molecule has 4 rings (SSSR count). The molecule has 0 bridgehead atoms. The van der Waals surface area contributed by atoms with Gasteiger partial charge >= 0.3 is 12.4 Å². The molecule has 0 unspecified atom stereocenters. The minimum absolute atomic E-state index is 0.0328. The number of alkyl halides is 6. The van der Waals surface area contributed by atoms with Gasteiger partial charge in [-0.2, -0.15) is 26.3 Å². The van der Waals surface area contributed by atoms with Crippen LogP contribution in [0.25, 0.3) is 0 Å². The first-order chi connectivity index (χ1) is 18.3. The van der Waals surface area contributed by atoms with Gasteiger partial charge in [-0.05, 0) is 67.1 Å². The molecule has 0 atom stereocenters. The molecule has 1 aliphatic rings. The van der Waals surface area contributed by atoms with Crippen LogP contribution in [0.5, 0.6) is 11.5 Å². The lowest BCUT2D eigenvalue weighted by Crippen LogP contribution is -2.39. The lowest BCUT2D eigenvalue weighted by atomic mass is 10.0. The summed E-state index contributed by atoms with van der Waals surface area (Å²) in [5.74, 6) is -0.686. The number of ether oxygens (including phenoxy) is 2. The van der Waals surface area contributed by atoms with Crippen molar-refractivity contribution in [2.24, 2.45) is 0 Å². The number of benzene rings is 3. The smallest absolute Gasteiger partial charge is 0.416 e. The maximum absolute atomic E-state index is 13.2. The molecule has 0 fully saturated rings. The number of rotatable bonds is 7. The van der Waals surface area contributed by atoms with Crippen LogP contribution in [0, 0.1) is 0 Å². The highest BCUT2D eigenvalue weighted by Gasteiger charge is 2.37. The van der Waals surface area contributed by atoms with Crippen molar-refractivity contribution in [3.05, 3.63) is 82.4 Å². The number of carbonyl (C=O) groups excluding carboxylic acids is 2. The maximum Gasteiger partial charge on any atom is 0.416 e. The van der Waals surface area contributed by atoms with E-state index in [0.29, 0.717) is 35.1 Å². The van der Waals surface area contributed by atoms with Crippen molar-refractivity contribution in [3.63, 3.8) is 0 Å². The first kappa shape index (κ1) is 28.1. The molecule has 3 aromatic rings. The summed E-state index contributed by atoms with van der Waals surface area (Å²) in [6.45, 7) is 0.235. The number of hydrogen-bond acceptors (Lipinski definition) is 4. The largest absolute Gasteiger partial charge is 0.494 e. The molecule has 6 nitrogen and oxygen atoms in total. The number of fused-ring (bicyclic) bond motifs is 1. The van der Waals surface area contributed by atoms with Gasteiger partial charge in [0.1, 0.15) is 11.5 Å². The Hall–Kier alpha value is -3.93. The normalized spacial score (nSPS) is 13.5. The number of nitrogens with one attached hydrogen (secondary N) is 1. The predicted octanol–water partition coefficient (Wildman–Crippen LogP) is 6.82. The summed E-state index contributed by atoms with van der Waals surface area (Å²) >= 11 is 5.84. The summed E-state index contributed by atoms with van der Waals surface area (Å²) in [6, 6.07) is 11.5. The fourth-order valence-corrected chi connectivity index (χ4v) is 3.88. The van der Waals surface area contributed by atoms with Gasteiger partial charge in [-0.15, -0.1) is 0 Å². The Labute approximate surface area is 223 Å². The molecule has 0 aromatic heterocycles. The molecule has 39 heavy (non-hydrogen) atoms. The number of anilines is 2. The van der Waals surface area contributed by atoms with E-state index in [1.807, 2.05) is 0 Å². The molecule has 2 amide bonds. The van der Waals surface area contributed by atoms with E-state index in [9.17, 15) is 35.9 Å². The van der Waals surface area contributed by atoms with Gasteiger partial charge in [-0.1, -0.05) is 11.6 Å². The average Bonchev–Trinajstić information content (AvgIpc) is 2.87. The molecule has 0 aliphatic carbocycles. The third-order valence-corrected chi connectivity index (χ3v) is 5.87. The monoisotopic (exact) mass is 572 g/mol. The zero-order chi connectivity index (χ0) is 28.4. The molecular weight excluding hydrogens is 554 g/mol. The van der Waals surface area contributed by atoms with Crippen molar-refractivity contribution in [1.29, 1.82) is 0 Å². The number of halogens is 7. The summed E-state index contributed by atoms with van der Waals surface area (Å²) < 4.78 is 90.0. The quantitative estimate of drug-likeness (QED) is 0.249. The van der Waals surface area contributed by atoms with Crippen LogP contribution in [-0.4, -0.2) is 31.6 Å². The molecule has 0 radical (unpaired) electrons. The van der Waals surface area contributed by atoms with Gasteiger partial charge in [-0.25, -0.2) is 0 Å². The Bertz CT molecular complexity index is 1340. The first-order valence-corrected chi connectivity index (χ1v) is 11.8. The lowest BCUT2D eigenvalue weighted by molar-refractivity contribution is -0.143. The van der Waals surface area contributed by atoms with E-state index in [-0.39, 0.29) is 43.1 Å². The average molecular weight is 573 g/mol.